The van der Waals surface area contributed by atoms with Crippen LogP contribution < -0.4 is 10.6 Å². The van der Waals surface area contributed by atoms with E-state index in [1.165, 1.54) is 17.5 Å². The van der Waals surface area contributed by atoms with Crippen LogP contribution in [-0.2, 0) is 22.6 Å². The maximum atomic E-state index is 12.9. The van der Waals surface area contributed by atoms with Crippen LogP contribution in [0, 0.1) is 5.92 Å². The Kier molecular flexibility index (Phi) is 5.32. The van der Waals surface area contributed by atoms with Gasteiger partial charge in [0.2, 0.25) is 11.8 Å². The van der Waals surface area contributed by atoms with Crippen molar-refractivity contribution in [2.45, 2.75) is 50.7 Å². The van der Waals surface area contributed by atoms with Crippen LogP contribution in [0.3, 0.4) is 0 Å². The van der Waals surface area contributed by atoms with Crippen LogP contribution in [0.2, 0.25) is 0 Å². The maximum absolute atomic E-state index is 12.9. The van der Waals surface area contributed by atoms with Crippen molar-refractivity contribution in [3.05, 3.63) is 70.8 Å². The minimum Gasteiger partial charge on any atom is -0.322 e. The van der Waals surface area contributed by atoms with E-state index in [1.807, 2.05) is 12.1 Å². The van der Waals surface area contributed by atoms with Crippen molar-refractivity contribution in [2.75, 3.05) is 6.54 Å². The summed E-state index contributed by atoms with van der Waals surface area (Å²) in [4.78, 5) is 38.1. The third-order valence-electron chi connectivity index (χ3n) is 6.83. The second-order valence-corrected chi connectivity index (χ2v) is 8.91. The Morgan fingerprint density at radius 1 is 0.968 bits per heavy atom. The molecule has 2 N–H and O–H groups in total. The van der Waals surface area contributed by atoms with Crippen molar-refractivity contribution in [2.24, 2.45) is 5.92 Å². The highest BCUT2D eigenvalue weighted by atomic mass is 16.2. The summed E-state index contributed by atoms with van der Waals surface area (Å²) in [7, 11) is 0. The molecule has 31 heavy (non-hydrogen) atoms. The van der Waals surface area contributed by atoms with Crippen LogP contribution in [0.5, 0.6) is 0 Å². The van der Waals surface area contributed by atoms with Gasteiger partial charge in [0.15, 0.2) is 0 Å². The van der Waals surface area contributed by atoms with Gasteiger partial charge in [0, 0.05) is 24.6 Å². The molecule has 0 aromatic heterocycles. The lowest BCUT2D eigenvalue weighted by molar-refractivity contribution is -0.136. The molecule has 3 heterocycles. The molecule has 3 amide bonds. The SMILES string of the molecule is O=C1CCC(N2Cc3cc(C4CCC(Cc5ccccc5)CN4)ccc3C2=O)C(=O)N1. The molecular weight excluding hydrogens is 390 g/mol. The van der Waals surface area contributed by atoms with E-state index >= 15 is 0 Å². The zero-order chi connectivity index (χ0) is 21.4. The van der Waals surface area contributed by atoms with Gasteiger partial charge in [-0.15, -0.1) is 0 Å². The molecule has 0 radical (unpaired) electrons. The highest BCUT2D eigenvalue weighted by molar-refractivity contribution is 6.05. The van der Waals surface area contributed by atoms with Crippen molar-refractivity contribution in [3.63, 3.8) is 0 Å². The van der Waals surface area contributed by atoms with Gasteiger partial charge in [-0.1, -0.05) is 42.5 Å². The molecule has 3 aliphatic rings. The van der Waals surface area contributed by atoms with E-state index in [0.717, 1.165) is 24.9 Å². The van der Waals surface area contributed by atoms with E-state index in [-0.39, 0.29) is 30.2 Å². The van der Waals surface area contributed by atoms with Gasteiger partial charge in [0.05, 0.1) is 0 Å². The molecule has 160 valence electrons. The van der Waals surface area contributed by atoms with Gasteiger partial charge in [-0.25, -0.2) is 0 Å². The lowest BCUT2D eigenvalue weighted by Crippen LogP contribution is -2.52. The predicted octanol–water partition coefficient (Wildman–Crippen LogP) is 2.73. The van der Waals surface area contributed by atoms with E-state index in [2.05, 4.69) is 47.0 Å². The molecule has 3 unspecified atom stereocenters. The minimum absolute atomic E-state index is 0.115. The topological polar surface area (TPSA) is 78.5 Å². The number of nitrogens with one attached hydrogen (secondary N) is 2. The van der Waals surface area contributed by atoms with Crippen molar-refractivity contribution < 1.29 is 14.4 Å². The Labute approximate surface area is 182 Å². The fourth-order valence-corrected chi connectivity index (χ4v) is 5.13. The van der Waals surface area contributed by atoms with Crippen molar-refractivity contribution in [3.8, 4) is 0 Å². The molecule has 3 aliphatic heterocycles. The van der Waals surface area contributed by atoms with Gasteiger partial charge in [0.25, 0.3) is 5.91 Å². The first kappa shape index (κ1) is 19.9. The summed E-state index contributed by atoms with van der Waals surface area (Å²) in [6.07, 6.45) is 4.01. The summed E-state index contributed by atoms with van der Waals surface area (Å²) in [6.45, 7) is 1.41. The maximum Gasteiger partial charge on any atom is 0.255 e. The molecule has 5 rings (SSSR count). The Bertz CT molecular complexity index is 1010. The molecule has 2 fully saturated rings. The second kappa shape index (κ2) is 8.27. The summed E-state index contributed by atoms with van der Waals surface area (Å²) < 4.78 is 0. The van der Waals surface area contributed by atoms with Gasteiger partial charge in [-0.3, -0.25) is 19.7 Å². The van der Waals surface area contributed by atoms with E-state index in [9.17, 15) is 14.4 Å². The Hall–Kier alpha value is -2.99. The highest BCUT2D eigenvalue weighted by Gasteiger charge is 2.39. The fourth-order valence-electron chi connectivity index (χ4n) is 5.13. The average molecular weight is 418 g/mol. The molecule has 0 bridgehead atoms. The van der Waals surface area contributed by atoms with Crippen molar-refractivity contribution in [1.29, 1.82) is 0 Å². The van der Waals surface area contributed by atoms with E-state index in [4.69, 9.17) is 0 Å². The summed E-state index contributed by atoms with van der Waals surface area (Å²) >= 11 is 0. The average Bonchev–Trinajstić information content (AvgIpc) is 3.10. The smallest absolute Gasteiger partial charge is 0.255 e. The standard InChI is InChI=1S/C25H27N3O3/c29-23-11-10-22(24(30)27-23)28-15-19-13-18(7-8-20(19)25(28)31)21-9-6-17(14-26-21)12-16-4-2-1-3-5-16/h1-5,7-8,13,17,21-22,26H,6,9-12,14-15H2,(H,27,29,30). The molecular formula is C25H27N3O3. The molecule has 3 atom stereocenters. The molecule has 2 aromatic rings. The summed E-state index contributed by atoms with van der Waals surface area (Å²) in [5.41, 5.74) is 4.23. The Morgan fingerprint density at radius 2 is 1.81 bits per heavy atom. The number of nitrogens with zero attached hydrogens (tertiary/aromatic N) is 1. The predicted molar refractivity (Wildman–Crippen MR) is 116 cm³/mol. The van der Waals surface area contributed by atoms with Crippen LogP contribution in [0.25, 0.3) is 0 Å². The van der Waals surface area contributed by atoms with E-state index in [0.29, 0.717) is 24.4 Å². The number of amides is 3. The van der Waals surface area contributed by atoms with Crippen LogP contribution in [0.4, 0.5) is 0 Å². The van der Waals surface area contributed by atoms with Gasteiger partial charge < -0.3 is 10.2 Å². The van der Waals surface area contributed by atoms with Crippen LogP contribution in [-0.4, -0.2) is 35.2 Å². The third kappa shape index (κ3) is 4.00. The van der Waals surface area contributed by atoms with E-state index in [1.54, 1.807) is 4.90 Å². The lowest BCUT2D eigenvalue weighted by atomic mass is 9.86. The number of fused-ring (bicyclic) bond motifs is 1. The van der Waals surface area contributed by atoms with Crippen LogP contribution in [0.1, 0.15) is 58.8 Å². The number of hydrogen-bond donors (Lipinski definition) is 2. The second-order valence-electron chi connectivity index (χ2n) is 8.91. The normalized spacial score (nSPS) is 26.0. The largest absolute Gasteiger partial charge is 0.322 e. The first-order valence-corrected chi connectivity index (χ1v) is 11.1. The monoisotopic (exact) mass is 417 g/mol. The number of carbonyl (C=O) groups excluding carboxylic acids is 3. The summed E-state index contributed by atoms with van der Waals surface area (Å²) in [5.74, 6) is -0.106. The molecule has 0 spiro atoms. The zero-order valence-electron chi connectivity index (χ0n) is 17.5. The van der Waals surface area contributed by atoms with Gasteiger partial charge >= 0.3 is 0 Å². The lowest BCUT2D eigenvalue weighted by Gasteiger charge is -2.30. The fraction of sp³-hybridized carbons (Fsp3) is 0.400. The third-order valence-corrected chi connectivity index (χ3v) is 6.83. The summed E-state index contributed by atoms with van der Waals surface area (Å²) in [5, 5.41) is 6.05. The Balaban J connectivity index is 1.24. The quantitative estimate of drug-likeness (QED) is 0.750. The van der Waals surface area contributed by atoms with Gasteiger partial charge in [0.1, 0.15) is 6.04 Å². The minimum atomic E-state index is -0.562. The number of benzene rings is 2. The number of rotatable bonds is 4. The van der Waals surface area contributed by atoms with E-state index < -0.39 is 6.04 Å². The molecule has 2 aromatic carbocycles. The zero-order valence-corrected chi connectivity index (χ0v) is 17.5. The van der Waals surface area contributed by atoms with Crippen molar-refractivity contribution >= 4 is 17.7 Å². The number of carbonyl (C=O) groups is 3. The number of imide groups is 1. The molecule has 0 saturated carbocycles. The molecule has 0 aliphatic carbocycles. The molecule has 2 saturated heterocycles. The number of hydrogen-bond acceptors (Lipinski definition) is 4. The van der Waals surface area contributed by atoms with Crippen molar-refractivity contribution in [1.82, 2.24) is 15.5 Å². The first-order chi connectivity index (χ1) is 15.1. The highest BCUT2D eigenvalue weighted by Crippen LogP contribution is 2.32. The van der Waals surface area contributed by atoms with Crippen LogP contribution in [0.15, 0.2) is 48.5 Å². The Morgan fingerprint density at radius 3 is 2.55 bits per heavy atom. The first-order valence-electron chi connectivity index (χ1n) is 11.1. The summed E-state index contributed by atoms with van der Waals surface area (Å²) in [6, 6.07) is 16.4. The van der Waals surface area contributed by atoms with Gasteiger partial charge in [-0.2, -0.15) is 0 Å². The molecule has 6 nitrogen and oxygen atoms in total. The van der Waals surface area contributed by atoms with Crippen LogP contribution >= 0.6 is 0 Å². The molecule has 6 heteroatoms. The number of piperidine rings is 2. The van der Waals surface area contributed by atoms with Gasteiger partial charge in [-0.05, 0) is 60.9 Å².